The molecule has 1 fully saturated rings. The van der Waals surface area contributed by atoms with Gasteiger partial charge < -0.3 is 9.52 Å². The lowest BCUT2D eigenvalue weighted by molar-refractivity contribution is -0.140. The lowest BCUT2D eigenvalue weighted by Crippen LogP contribution is -2.19. The molecule has 2 aromatic rings. The summed E-state index contributed by atoms with van der Waals surface area (Å²) in [6.45, 7) is 0. The molecule has 76 valence electrons. The quantitative estimate of drug-likeness (QED) is 0.810. The van der Waals surface area contributed by atoms with E-state index in [1.54, 1.807) is 12.1 Å². The number of hydrogen-bond donors (Lipinski definition) is 1. The molecule has 0 amide bonds. The fourth-order valence-electron chi connectivity index (χ4n) is 1.90. The topological polar surface area (TPSA) is 63.3 Å². The molecule has 4 nitrogen and oxygen atoms in total. The summed E-state index contributed by atoms with van der Waals surface area (Å²) >= 11 is 0. The van der Waals surface area contributed by atoms with Crippen molar-refractivity contribution in [2.45, 2.75) is 18.3 Å². The molecule has 1 aliphatic carbocycles. The largest absolute Gasteiger partial charge is 0.481 e. The first-order valence-electron chi connectivity index (χ1n) is 4.79. The standard InChI is InChI=1S/C11H9NO3/c13-10(14)11(3-4-11)7-1-2-8-9(5-7)15-6-12-8/h1-2,5-6H,3-4H2,(H,13,14). The van der Waals surface area contributed by atoms with Gasteiger partial charge in [0.15, 0.2) is 12.0 Å². The summed E-state index contributed by atoms with van der Waals surface area (Å²) in [6, 6.07) is 5.41. The number of benzene rings is 1. The van der Waals surface area contributed by atoms with E-state index in [0.29, 0.717) is 18.4 Å². The van der Waals surface area contributed by atoms with Gasteiger partial charge >= 0.3 is 5.97 Å². The Balaban J connectivity index is 2.15. The third-order valence-electron chi connectivity index (χ3n) is 3.04. The van der Waals surface area contributed by atoms with Gasteiger partial charge in [0, 0.05) is 0 Å². The Morgan fingerprint density at radius 1 is 1.47 bits per heavy atom. The average Bonchev–Trinajstić information content (AvgIpc) is 2.91. The molecule has 3 rings (SSSR count). The number of nitrogens with zero attached hydrogens (tertiary/aromatic N) is 1. The zero-order valence-electron chi connectivity index (χ0n) is 7.93. The average molecular weight is 203 g/mol. The van der Waals surface area contributed by atoms with Crippen molar-refractivity contribution in [3.63, 3.8) is 0 Å². The highest BCUT2D eigenvalue weighted by Gasteiger charge is 2.51. The molecular weight excluding hydrogens is 194 g/mol. The van der Waals surface area contributed by atoms with E-state index in [1.807, 2.05) is 6.07 Å². The highest BCUT2D eigenvalue weighted by atomic mass is 16.4. The number of carboxylic acids is 1. The van der Waals surface area contributed by atoms with Crippen molar-refractivity contribution in [2.75, 3.05) is 0 Å². The molecule has 0 atom stereocenters. The van der Waals surface area contributed by atoms with Crippen LogP contribution in [0.5, 0.6) is 0 Å². The fourth-order valence-corrected chi connectivity index (χ4v) is 1.90. The van der Waals surface area contributed by atoms with E-state index >= 15 is 0 Å². The molecule has 1 saturated carbocycles. The predicted octanol–water partition coefficient (Wildman–Crippen LogP) is 1.94. The van der Waals surface area contributed by atoms with E-state index in [1.165, 1.54) is 6.39 Å². The molecule has 1 N–H and O–H groups in total. The number of oxazole rings is 1. The summed E-state index contributed by atoms with van der Waals surface area (Å²) in [5.74, 6) is -0.749. The zero-order valence-corrected chi connectivity index (χ0v) is 7.93. The SMILES string of the molecule is O=C(O)C1(c2ccc3ncoc3c2)CC1. The Morgan fingerprint density at radius 3 is 2.93 bits per heavy atom. The molecule has 4 heteroatoms. The highest BCUT2D eigenvalue weighted by Crippen LogP contribution is 2.48. The van der Waals surface area contributed by atoms with Crippen LogP contribution in [0.1, 0.15) is 18.4 Å². The normalized spacial score (nSPS) is 17.9. The molecule has 1 aliphatic rings. The first-order valence-corrected chi connectivity index (χ1v) is 4.79. The first-order chi connectivity index (χ1) is 7.22. The van der Waals surface area contributed by atoms with E-state index in [0.717, 1.165) is 11.1 Å². The fraction of sp³-hybridized carbons (Fsp3) is 0.273. The van der Waals surface area contributed by atoms with Crippen LogP contribution < -0.4 is 0 Å². The Kier molecular flexibility index (Phi) is 1.46. The molecule has 1 aromatic carbocycles. The maximum Gasteiger partial charge on any atom is 0.314 e. The predicted molar refractivity (Wildman–Crippen MR) is 52.6 cm³/mol. The minimum absolute atomic E-state index is 0.653. The zero-order chi connectivity index (χ0) is 10.5. The van der Waals surface area contributed by atoms with Gasteiger partial charge in [-0.3, -0.25) is 4.79 Å². The maximum absolute atomic E-state index is 11.1. The Hall–Kier alpha value is -1.84. The van der Waals surface area contributed by atoms with E-state index in [4.69, 9.17) is 9.52 Å². The van der Waals surface area contributed by atoms with E-state index < -0.39 is 11.4 Å². The molecule has 0 aliphatic heterocycles. The van der Waals surface area contributed by atoms with Gasteiger partial charge in [0.1, 0.15) is 5.52 Å². The number of aliphatic carboxylic acids is 1. The van der Waals surface area contributed by atoms with E-state index in [-0.39, 0.29) is 0 Å². The third-order valence-corrected chi connectivity index (χ3v) is 3.04. The summed E-state index contributed by atoms with van der Waals surface area (Å²) < 4.78 is 5.16. The molecule has 1 aromatic heterocycles. The van der Waals surface area contributed by atoms with Gasteiger partial charge in [-0.15, -0.1) is 0 Å². The lowest BCUT2D eigenvalue weighted by atomic mass is 9.96. The lowest BCUT2D eigenvalue weighted by Gasteiger charge is -2.08. The van der Waals surface area contributed by atoms with Crippen LogP contribution in [0.15, 0.2) is 29.0 Å². The summed E-state index contributed by atoms with van der Waals surface area (Å²) in [5.41, 5.74) is 1.57. The van der Waals surface area contributed by atoms with Crippen molar-refractivity contribution in [2.24, 2.45) is 0 Å². The van der Waals surface area contributed by atoms with Gasteiger partial charge in [-0.25, -0.2) is 4.98 Å². The molecule has 0 radical (unpaired) electrons. The van der Waals surface area contributed by atoms with Crippen molar-refractivity contribution in [1.29, 1.82) is 0 Å². The number of carbonyl (C=O) groups is 1. The highest BCUT2D eigenvalue weighted by molar-refractivity contribution is 5.86. The monoisotopic (exact) mass is 203 g/mol. The summed E-state index contributed by atoms with van der Waals surface area (Å²) in [6.07, 6.45) is 2.79. The van der Waals surface area contributed by atoms with Gasteiger partial charge in [-0.2, -0.15) is 0 Å². The van der Waals surface area contributed by atoms with Crippen LogP contribution in [0.4, 0.5) is 0 Å². The summed E-state index contributed by atoms with van der Waals surface area (Å²) in [5, 5.41) is 9.13. The molecule has 15 heavy (non-hydrogen) atoms. The molecular formula is C11H9NO3. The van der Waals surface area contributed by atoms with Gasteiger partial charge in [0.05, 0.1) is 5.41 Å². The van der Waals surface area contributed by atoms with Gasteiger partial charge in [0.25, 0.3) is 0 Å². The number of fused-ring (bicyclic) bond motifs is 1. The molecule has 0 bridgehead atoms. The van der Waals surface area contributed by atoms with Crippen LogP contribution in [0.25, 0.3) is 11.1 Å². The van der Waals surface area contributed by atoms with Crippen LogP contribution in [0.3, 0.4) is 0 Å². The minimum Gasteiger partial charge on any atom is -0.481 e. The second-order valence-corrected chi connectivity index (χ2v) is 3.92. The second-order valence-electron chi connectivity index (χ2n) is 3.92. The van der Waals surface area contributed by atoms with E-state index in [2.05, 4.69) is 4.98 Å². The Morgan fingerprint density at radius 2 is 2.27 bits per heavy atom. The number of aromatic nitrogens is 1. The van der Waals surface area contributed by atoms with Crippen molar-refractivity contribution >= 4 is 17.1 Å². The number of hydrogen-bond acceptors (Lipinski definition) is 3. The first kappa shape index (κ1) is 8.47. The van der Waals surface area contributed by atoms with Crippen LogP contribution in [0, 0.1) is 0 Å². The van der Waals surface area contributed by atoms with Gasteiger partial charge in [-0.1, -0.05) is 6.07 Å². The Labute approximate surface area is 85.5 Å². The second kappa shape index (κ2) is 2.59. The van der Waals surface area contributed by atoms with Crippen LogP contribution in [-0.2, 0) is 10.2 Å². The number of carboxylic acid groups (broad SMARTS) is 1. The van der Waals surface area contributed by atoms with Crippen LogP contribution in [0.2, 0.25) is 0 Å². The van der Waals surface area contributed by atoms with Gasteiger partial charge in [-0.05, 0) is 30.5 Å². The summed E-state index contributed by atoms with van der Waals surface area (Å²) in [4.78, 5) is 15.1. The van der Waals surface area contributed by atoms with Crippen LogP contribution >= 0.6 is 0 Å². The third kappa shape index (κ3) is 1.08. The van der Waals surface area contributed by atoms with Gasteiger partial charge in [0.2, 0.25) is 0 Å². The molecule has 1 heterocycles. The summed E-state index contributed by atoms with van der Waals surface area (Å²) in [7, 11) is 0. The van der Waals surface area contributed by atoms with Crippen molar-refractivity contribution in [3.05, 3.63) is 30.2 Å². The van der Waals surface area contributed by atoms with Crippen molar-refractivity contribution in [3.8, 4) is 0 Å². The molecule has 0 spiro atoms. The Bertz CT molecular complexity index is 540. The smallest absolute Gasteiger partial charge is 0.314 e. The van der Waals surface area contributed by atoms with E-state index in [9.17, 15) is 4.79 Å². The van der Waals surface area contributed by atoms with Crippen LogP contribution in [-0.4, -0.2) is 16.1 Å². The van der Waals surface area contributed by atoms with Crippen molar-refractivity contribution in [1.82, 2.24) is 4.98 Å². The number of rotatable bonds is 2. The molecule has 0 unspecified atom stereocenters. The van der Waals surface area contributed by atoms with Crippen molar-refractivity contribution < 1.29 is 14.3 Å². The minimum atomic E-state index is -0.749. The maximum atomic E-state index is 11.1. The molecule has 0 saturated heterocycles.